The fraction of sp³-hybridized carbons (Fsp3) is 0.833. The predicted octanol–water partition coefficient (Wildman–Crippen LogP) is -5.37. The second kappa shape index (κ2) is 37.5. The fourth-order valence-electron chi connectivity index (χ4n) is 0.566. The van der Waals surface area contributed by atoms with Crippen LogP contribution in [0.3, 0.4) is 0 Å². The zero-order chi connectivity index (χ0) is 18.2. The Hall–Kier alpha value is -0.638. The molecule has 10 nitrogen and oxygen atoms in total. The van der Waals surface area contributed by atoms with Crippen LogP contribution in [0.2, 0.25) is 0 Å². The summed E-state index contributed by atoms with van der Waals surface area (Å²) in [5.41, 5.74) is 0. The molecular weight excluding hydrogens is 407 g/mol. The summed E-state index contributed by atoms with van der Waals surface area (Å²) in [7, 11) is 0. The Morgan fingerprint density at radius 1 is 0.696 bits per heavy atom. The Morgan fingerprint density at radius 2 is 0.826 bits per heavy atom. The van der Waals surface area contributed by atoms with Gasteiger partial charge < -0.3 is 50.9 Å². The van der Waals surface area contributed by atoms with E-state index in [9.17, 15) is 0 Å². The van der Waals surface area contributed by atoms with Gasteiger partial charge in [0.2, 0.25) is 0 Å². The number of carboxylic acid groups (broad SMARTS) is 2. The third-order valence-electron chi connectivity index (χ3n) is 1.15. The molecule has 0 bridgehead atoms. The SMILES string of the molecule is CC(=O)[O-].CC(=O)[O-].OCCNCCO.OCCNCCO.[Pd+2]. The Balaban J connectivity index is -0.0000000639. The number of carbonyl (C=O) groups is 2. The second-order valence-electron chi connectivity index (χ2n) is 3.38. The van der Waals surface area contributed by atoms with Gasteiger partial charge in [0.15, 0.2) is 0 Å². The average molecular weight is 435 g/mol. The van der Waals surface area contributed by atoms with E-state index in [2.05, 4.69) is 10.6 Å². The third kappa shape index (κ3) is 148. The van der Waals surface area contributed by atoms with E-state index in [4.69, 9.17) is 40.2 Å². The van der Waals surface area contributed by atoms with Gasteiger partial charge in [-0.1, -0.05) is 0 Å². The minimum Gasteiger partial charge on any atom is -0.550 e. The van der Waals surface area contributed by atoms with Crippen LogP contribution in [-0.2, 0) is 30.0 Å². The molecule has 144 valence electrons. The van der Waals surface area contributed by atoms with E-state index in [1.807, 2.05) is 0 Å². The molecule has 0 aliphatic heterocycles. The minimum absolute atomic E-state index is 0. The summed E-state index contributed by atoms with van der Waals surface area (Å²) < 4.78 is 0. The standard InChI is InChI=1S/2C4H11NO2.2C2H4O2.Pd/c2*6-3-1-5-2-4-7;2*1-2(3)4;/h2*5-7H,1-4H2;2*1H3,(H,3,4);/q;;;;+2/p-2. The summed E-state index contributed by atoms with van der Waals surface area (Å²) in [5.74, 6) is -2.17. The van der Waals surface area contributed by atoms with E-state index in [1.165, 1.54) is 0 Å². The summed E-state index contributed by atoms with van der Waals surface area (Å²) in [5, 5.41) is 55.9. The Morgan fingerprint density at radius 3 is 0.913 bits per heavy atom. The van der Waals surface area contributed by atoms with Crippen molar-refractivity contribution >= 4 is 11.9 Å². The topological polar surface area (TPSA) is 185 Å². The van der Waals surface area contributed by atoms with Crippen molar-refractivity contribution in [3.05, 3.63) is 0 Å². The van der Waals surface area contributed by atoms with Crippen LogP contribution in [-0.4, -0.2) is 85.0 Å². The number of hydrogen-bond acceptors (Lipinski definition) is 10. The van der Waals surface area contributed by atoms with Crippen LogP contribution in [0.4, 0.5) is 0 Å². The van der Waals surface area contributed by atoms with Gasteiger partial charge in [-0.15, -0.1) is 0 Å². The zero-order valence-electron chi connectivity index (χ0n) is 13.4. The van der Waals surface area contributed by atoms with E-state index in [-0.39, 0.29) is 46.9 Å². The molecule has 6 N–H and O–H groups in total. The largest absolute Gasteiger partial charge is 2.00 e. The molecule has 0 aromatic carbocycles. The Bertz CT molecular complexity index is 185. The fourth-order valence-corrected chi connectivity index (χ4v) is 0.566. The summed E-state index contributed by atoms with van der Waals surface area (Å²) in [6, 6.07) is 0. The minimum atomic E-state index is -1.08. The number of aliphatic hydroxyl groups is 4. The van der Waals surface area contributed by atoms with Crippen molar-refractivity contribution in [2.75, 3.05) is 52.6 Å². The van der Waals surface area contributed by atoms with Gasteiger partial charge in [-0.25, -0.2) is 0 Å². The number of aliphatic carboxylic acids is 2. The smallest absolute Gasteiger partial charge is 0.550 e. The monoisotopic (exact) mass is 434 g/mol. The summed E-state index contributed by atoms with van der Waals surface area (Å²) in [4.78, 5) is 17.8. The number of aliphatic hydroxyl groups excluding tert-OH is 4. The number of rotatable bonds is 8. The van der Waals surface area contributed by atoms with Crippen LogP contribution < -0.4 is 20.8 Å². The Labute approximate surface area is 150 Å². The van der Waals surface area contributed by atoms with Crippen molar-refractivity contribution in [1.29, 1.82) is 0 Å². The predicted molar refractivity (Wildman–Crippen MR) is 75.4 cm³/mol. The van der Waals surface area contributed by atoms with Gasteiger partial charge in [-0.05, 0) is 13.8 Å². The van der Waals surface area contributed by atoms with Gasteiger partial charge in [0.05, 0.1) is 26.4 Å². The van der Waals surface area contributed by atoms with Crippen LogP contribution in [0.25, 0.3) is 0 Å². The molecule has 0 spiro atoms. The molecule has 0 atom stereocenters. The molecule has 0 radical (unpaired) electrons. The van der Waals surface area contributed by atoms with Gasteiger partial charge in [-0.3, -0.25) is 0 Å². The summed E-state index contributed by atoms with van der Waals surface area (Å²) in [6.07, 6.45) is 0. The van der Waals surface area contributed by atoms with Gasteiger partial charge in [0, 0.05) is 38.1 Å². The van der Waals surface area contributed by atoms with Crippen molar-refractivity contribution in [2.24, 2.45) is 0 Å². The molecule has 0 fully saturated rings. The number of nitrogens with one attached hydrogen (secondary N) is 2. The molecule has 0 aromatic rings. The summed E-state index contributed by atoms with van der Waals surface area (Å²) >= 11 is 0. The van der Waals surface area contributed by atoms with Gasteiger partial charge in [0.1, 0.15) is 0 Å². The molecule has 0 saturated carbocycles. The Kier molecular flexibility index (Phi) is 55.2. The van der Waals surface area contributed by atoms with Crippen LogP contribution in [0.1, 0.15) is 13.8 Å². The van der Waals surface area contributed by atoms with Gasteiger partial charge >= 0.3 is 20.4 Å². The van der Waals surface area contributed by atoms with Crippen LogP contribution >= 0.6 is 0 Å². The normalized spacial score (nSPS) is 7.91. The van der Waals surface area contributed by atoms with Gasteiger partial charge in [-0.2, -0.15) is 0 Å². The number of carbonyl (C=O) groups excluding carboxylic acids is 2. The van der Waals surface area contributed by atoms with E-state index in [0.717, 1.165) is 13.8 Å². The first kappa shape index (κ1) is 33.9. The van der Waals surface area contributed by atoms with E-state index in [0.29, 0.717) is 26.2 Å². The van der Waals surface area contributed by atoms with Crippen molar-refractivity contribution in [3.8, 4) is 0 Å². The first-order valence-electron chi connectivity index (χ1n) is 6.50. The number of carboxylic acids is 2. The molecule has 0 aliphatic rings. The quantitative estimate of drug-likeness (QED) is 0.159. The second-order valence-corrected chi connectivity index (χ2v) is 3.38. The third-order valence-corrected chi connectivity index (χ3v) is 1.15. The van der Waals surface area contributed by atoms with Crippen molar-refractivity contribution in [3.63, 3.8) is 0 Å². The molecule has 0 amide bonds. The number of hydrogen-bond donors (Lipinski definition) is 6. The molecule has 11 heteroatoms. The van der Waals surface area contributed by atoms with Crippen molar-refractivity contribution in [1.82, 2.24) is 10.6 Å². The summed E-state index contributed by atoms with van der Waals surface area (Å²) in [6.45, 7) is 4.78. The molecule has 0 heterocycles. The molecule has 0 aliphatic carbocycles. The average Bonchev–Trinajstić information content (AvgIpc) is 2.39. The molecular formula is C12H28N2O8Pd. The molecule has 0 saturated heterocycles. The van der Waals surface area contributed by atoms with E-state index >= 15 is 0 Å². The zero-order valence-corrected chi connectivity index (χ0v) is 14.9. The molecule has 0 rings (SSSR count). The first-order valence-corrected chi connectivity index (χ1v) is 6.50. The van der Waals surface area contributed by atoms with Gasteiger partial charge in [0.25, 0.3) is 0 Å². The maximum Gasteiger partial charge on any atom is 2.00 e. The van der Waals surface area contributed by atoms with E-state index < -0.39 is 11.9 Å². The van der Waals surface area contributed by atoms with Crippen molar-refractivity contribution < 1.29 is 60.7 Å². The molecule has 23 heavy (non-hydrogen) atoms. The molecule has 0 aromatic heterocycles. The maximum atomic E-state index is 8.89. The van der Waals surface area contributed by atoms with Crippen LogP contribution in [0, 0.1) is 0 Å². The van der Waals surface area contributed by atoms with E-state index in [1.54, 1.807) is 0 Å². The van der Waals surface area contributed by atoms with Crippen LogP contribution in [0.15, 0.2) is 0 Å². The maximum absolute atomic E-state index is 8.89. The first-order chi connectivity index (χ1) is 10.3. The van der Waals surface area contributed by atoms with Crippen molar-refractivity contribution in [2.45, 2.75) is 13.8 Å². The van der Waals surface area contributed by atoms with Crippen LogP contribution in [0.5, 0.6) is 0 Å². The molecule has 0 unspecified atom stereocenters.